The first-order valence-corrected chi connectivity index (χ1v) is 11.0. The Morgan fingerprint density at radius 3 is 2.65 bits per heavy atom. The highest BCUT2D eigenvalue weighted by Crippen LogP contribution is 2.58. The van der Waals surface area contributed by atoms with Gasteiger partial charge < -0.3 is 30.7 Å². The molecule has 2 aliphatic carbocycles. The van der Waals surface area contributed by atoms with E-state index in [4.69, 9.17) is 24.6 Å². The van der Waals surface area contributed by atoms with Crippen LogP contribution in [0.15, 0.2) is 28.7 Å². The Morgan fingerprint density at radius 2 is 2.03 bits per heavy atom. The number of allylic oxidation sites excluding steroid dienone is 1. The molecule has 2 fully saturated rings. The highest BCUT2D eigenvalue weighted by molar-refractivity contribution is 7.47. The van der Waals surface area contributed by atoms with E-state index in [-0.39, 0.29) is 30.2 Å². The zero-order valence-electron chi connectivity index (χ0n) is 16.1. The maximum atomic E-state index is 12.1. The number of carboxylic acids is 1. The molecule has 0 radical (unpaired) electrons. The van der Waals surface area contributed by atoms with Gasteiger partial charge in [-0.3, -0.25) is 13.6 Å². The first-order chi connectivity index (χ1) is 14.6. The van der Waals surface area contributed by atoms with Crippen LogP contribution in [0.25, 0.3) is 0 Å². The van der Waals surface area contributed by atoms with Gasteiger partial charge >= 0.3 is 19.5 Å². The van der Waals surface area contributed by atoms with Crippen molar-refractivity contribution in [1.82, 2.24) is 9.55 Å². The summed E-state index contributed by atoms with van der Waals surface area (Å²) >= 11 is 0. The molecular weight excluding hydrogens is 437 g/mol. The zero-order chi connectivity index (χ0) is 22.5. The Labute approximate surface area is 175 Å². The standard InChI is InChI=1S/C17H22N3O10P/c18-12-1-2-20(17(25)19-12)15-14(22)13(21)11(30-15)6-29-31(26,27)28-5-10-8-3-7(16(23)24)4-9(8)10/h1-3,8-11,13-15,21-22H,4-6H2,(H,23,24)(H,26,27)(H2,18,19,25)/t8-,9+,10-,11+,13+,14+,15+/m0/s1. The first-order valence-electron chi connectivity index (χ1n) is 9.49. The van der Waals surface area contributed by atoms with Crippen LogP contribution in [0, 0.1) is 17.8 Å². The van der Waals surface area contributed by atoms with Gasteiger partial charge in [0.05, 0.1) is 13.2 Å². The molecule has 14 heteroatoms. The summed E-state index contributed by atoms with van der Waals surface area (Å²) < 4.78 is 28.4. The molecule has 1 unspecified atom stereocenters. The van der Waals surface area contributed by atoms with E-state index in [1.165, 1.54) is 12.3 Å². The Bertz CT molecular complexity index is 1010. The number of anilines is 1. The molecule has 2 heterocycles. The number of hydrogen-bond acceptors (Lipinski definition) is 10. The second kappa shape index (κ2) is 8.10. The third kappa shape index (κ3) is 4.44. The van der Waals surface area contributed by atoms with Crippen LogP contribution in [-0.4, -0.2) is 67.3 Å². The van der Waals surface area contributed by atoms with Gasteiger partial charge in [0, 0.05) is 11.8 Å². The molecule has 0 amide bonds. The maximum Gasteiger partial charge on any atom is 0.472 e. The van der Waals surface area contributed by atoms with Crippen molar-refractivity contribution in [2.45, 2.75) is 31.0 Å². The predicted octanol–water partition coefficient (Wildman–Crippen LogP) is -1.14. The van der Waals surface area contributed by atoms with Gasteiger partial charge in [0.1, 0.15) is 24.1 Å². The molecule has 170 valence electrons. The summed E-state index contributed by atoms with van der Waals surface area (Å²) in [6.07, 6.45) is -2.24. The SMILES string of the molecule is Nc1ccn([C@@H]2O[C@H](COP(=O)(O)OC[C@H]3[C@H]4C=C(C(=O)O)C[C@H]43)[C@@H](O)[C@H]2O)c(=O)n1. The summed E-state index contributed by atoms with van der Waals surface area (Å²) in [6, 6.07) is 1.31. The van der Waals surface area contributed by atoms with E-state index in [1.807, 2.05) is 0 Å². The van der Waals surface area contributed by atoms with Crippen LogP contribution < -0.4 is 11.4 Å². The number of aromatic nitrogens is 2. The molecular formula is C17H22N3O10P. The number of aliphatic carboxylic acids is 1. The number of nitrogens with two attached hydrogens (primary N) is 1. The Morgan fingerprint density at radius 1 is 1.32 bits per heavy atom. The fourth-order valence-corrected chi connectivity index (χ4v) is 4.83. The van der Waals surface area contributed by atoms with Gasteiger partial charge in [0.2, 0.25) is 0 Å². The third-order valence-corrected chi connectivity index (χ3v) is 6.77. The minimum atomic E-state index is -4.49. The molecule has 31 heavy (non-hydrogen) atoms. The Kier molecular flexibility index (Phi) is 5.77. The van der Waals surface area contributed by atoms with Gasteiger partial charge in [-0.2, -0.15) is 4.98 Å². The third-order valence-electron chi connectivity index (χ3n) is 5.82. The summed E-state index contributed by atoms with van der Waals surface area (Å²) in [4.78, 5) is 36.2. The molecule has 13 nitrogen and oxygen atoms in total. The van der Waals surface area contributed by atoms with E-state index in [9.17, 15) is 29.3 Å². The lowest BCUT2D eigenvalue weighted by molar-refractivity contribution is -0.132. The van der Waals surface area contributed by atoms with E-state index in [1.54, 1.807) is 6.08 Å². The number of nitrogen functional groups attached to an aromatic ring is 1. The van der Waals surface area contributed by atoms with Crippen molar-refractivity contribution >= 4 is 19.6 Å². The van der Waals surface area contributed by atoms with Crippen molar-refractivity contribution in [3.63, 3.8) is 0 Å². The molecule has 1 aliphatic heterocycles. The number of carboxylic acid groups (broad SMARTS) is 1. The number of aliphatic hydroxyl groups excluding tert-OH is 2. The van der Waals surface area contributed by atoms with E-state index >= 15 is 0 Å². The van der Waals surface area contributed by atoms with E-state index in [0.29, 0.717) is 12.0 Å². The van der Waals surface area contributed by atoms with Crippen molar-refractivity contribution in [3.8, 4) is 0 Å². The molecule has 4 rings (SSSR count). The highest BCUT2D eigenvalue weighted by Gasteiger charge is 2.54. The van der Waals surface area contributed by atoms with Crippen LogP contribution in [0.5, 0.6) is 0 Å². The molecule has 6 N–H and O–H groups in total. The van der Waals surface area contributed by atoms with Crippen LogP contribution >= 0.6 is 7.82 Å². The molecule has 1 aromatic heterocycles. The van der Waals surface area contributed by atoms with Crippen LogP contribution in [0.2, 0.25) is 0 Å². The number of carbonyl (C=O) groups is 1. The van der Waals surface area contributed by atoms with Gasteiger partial charge in [-0.1, -0.05) is 6.08 Å². The monoisotopic (exact) mass is 459 g/mol. The lowest BCUT2D eigenvalue weighted by Crippen LogP contribution is -2.36. The van der Waals surface area contributed by atoms with E-state index < -0.39 is 50.6 Å². The van der Waals surface area contributed by atoms with Crippen molar-refractivity contribution in [3.05, 3.63) is 34.4 Å². The Hall–Kier alpha value is -2.12. The minimum absolute atomic E-state index is 0.00817. The van der Waals surface area contributed by atoms with Crippen molar-refractivity contribution < 1.29 is 43.4 Å². The fraction of sp³-hybridized carbons (Fsp3) is 0.588. The summed E-state index contributed by atoms with van der Waals surface area (Å²) in [6.45, 7) is -0.668. The predicted molar refractivity (Wildman–Crippen MR) is 101 cm³/mol. The summed E-state index contributed by atoms with van der Waals surface area (Å²) in [5.74, 6) is -0.961. The number of rotatable bonds is 8. The topological polar surface area (TPSA) is 204 Å². The average molecular weight is 459 g/mol. The number of phosphoric acid groups is 1. The van der Waals surface area contributed by atoms with Crippen molar-refractivity contribution in [2.75, 3.05) is 18.9 Å². The number of ether oxygens (including phenoxy) is 1. The molecule has 0 bridgehead atoms. The second-order valence-corrected chi connectivity index (χ2v) is 9.21. The van der Waals surface area contributed by atoms with E-state index in [2.05, 4.69) is 4.98 Å². The summed E-state index contributed by atoms with van der Waals surface area (Å²) in [7, 11) is -4.49. The minimum Gasteiger partial charge on any atom is -0.478 e. The lowest BCUT2D eigenvalue weighted by Gasteiger charge is -2.18. The quantitative estimate of drug-likeness (QED) is 0.293. The molecule has 0 aromatic carbocycles. The van der Waals surface area contributed by atoms with Gasteiger partial charge in [-0.05, 0) is 30.2 Å². The first kappa shape index (κ1) is 22.1. The lowest BCUT2D eigenvalue weighted by atomic mass is 10.1. The van der Waals surface area contributed by atoms with Gasteiger partial charge in [-0.15, -0.1) is 0 Å². The van der Waals surface area contributed by atoms with E-state index in [0.717, 1.165) is 4.57 Å². The maximum absolute atomic E-state index is 12.1. The molecule has 0 spiro atoms. The van der Waals surface area contributed by atoms with Crippen LogP contribution in [0.3, 0.4) is 0 Å². The molecule has 1 saturated heterocycles. The number of aliphatic hydroxyl groups is 2. The summed E-state index contributed by atoms with van der Waals surface area (Å²) in [5.41, 5.74) is 4.95. The number of fused-ring (bicyclic) bond motifs is 1. The highest BCUT2D eigenvalue weighted by atomic mass is 31.2. The molecule has 3 aliphatic rings. The van der Waals surface area contributed by atoms with Gasteiger partial charge in [-0.25, -0.2) is 14.2 Å². The summed E-state index contributed by atoms with van der Waals surface area (Å²) in [5, 5.41) is 29.3. The zero-order valence-corrected chi connectivity index (χ0v) is 16.9. The Balaban J connectivity index is 1.29. The molecule has 8 atom stereocenters. The smallest absolute Gasteiger partial charge is 0.472 e. The number of phosphoric ester groups is 1. The molecule has 1 saturated carbocycles. The number of hydrogen-bond donors (Lipinski definition) is 5. The van der Waals surface area contributed by atoms with Gasteiger partial charge in [0.15, 0.2) is 6.23 Å². The average Bonchev–Trinajstić information content (AvgIpc) is 3.01. The van der Waals surface area contributed by atoms with Crippen LogP contribution in [0.4, 0.5) is 5.82 Å². The normalized spacial score (nSPS) is 36.0. The largest absolute Gasteiger partial charge is 0.478 e. The van der Waals surface area contributed by atoms with Crippen LogP contribution in [0.1, 0.15) is 12.6 Å². The fourth-order valence-electron chi connectivity index (χ4n) is 4.06. The second-order valence-electron chi connectivity index (χ2n) is 7.75. The number of nitrogens with zero attached hydrogens (tertiary/aromatic N) is 2. The molecule has 1 aromatic rings. The van der Waals surface area contributed by atoms with Crippen LogP contribution in [-0.2, 0) is 23.1 Å². The van der Waals surface area contributed by atoms with Crippen molar-refractivity contribution in [2.24, 2.45) is 17.8 Å². The van der Waals surface area contributed by atoms with Gasteiger partial charge in [0.25, 0.3) is 0 Å². The van der Waals surface area contributed by atoms with Crippen molar-refractivity contribution in [1.29, 1.82) is 0 Å².